The number of hydrogen-bond donors (Lipinski definition) is 1. The Morgan fingerprint density at radius 3 is 2.82 bits per heavy atom. The van der Waals surface area contributed by atoms with E-state index < -0.39 is 0 Å². The van der Waals surface area contributed by atoms with Gasteiger partial charge in [0.25, 0.3) is 0 Å². The van der Waals surface area contributed by atoms with Gasteiger partial charge >= 0.3 is 0 Å². The number of aryl methyl sites for hydroxylation is 1. The molecule has 2 aromatic rings. The fraction of sp³-hybridized carbons (Fsp3) is 0.231. The Balaban J connectivity index is 1.94. The van der Waals surface area contributed by atoms with E-state index in [1.54, 1.807) is 11.3 Å². The van der Waals surface area contributed by atoms with Crippen LogP contribution >= 0.6 is 38.9 Å². The molecule has 0 amide bonds. The van der Waals surface area contributed by atoms with Crippen molar-refractivity contribution in [1.29, 1.82) is 0 Å². The van der Waals surface area contributed by atoms with Gasteiger partial charge in [0.1, 0.15) is 0 Å². The van der Waals surface area contributed by atoms with Crippen molar-refractivity contribution in [3.05, 3.63) is 55.1 Å². The molecule has 4 heteroatoms. The first-order valence-corrected chi connectivity index (χ1v) is 7.39. The molecule has 1 aromatic heterocycles. The zero-order valence-corrected chi connectivity index (χ0v) is 12.6. The molecular formula is C13H13BrClNS. The third-order valence-electron chi connectivity index (χ3n) is 2.58. The molecule has 2 rings (SSSR count). The van der Waals surface area contributed by atoms with Gasteiger partial charge in [0.15, 0.2) is 0 Å². The molecule has 1 heterocycles. The molecule has 0 unspecified atom stereocenters. The average Bonchev–Trinajstić information content (AvgIpc) is 2.70. The van der Waals surface area contributed by atoms with Gasteiger partial charge in [0, 0.05) is 27.5 Å². The van der Waals surface area contributed by atoms with Crippen molar-refractivity contribution < 1.29 is 0 Å². The van der Waals surface area contributed by atoms with Gasteiger partial charge in [-0.3, -0.25) is 0 Å². The van der Waals surface area contributed by atoms with Gasteiger partial charge in [-0.25, -0.2) is 0 Å². The third kappa shape index (κ3) is 3.55. The molecule has 1 nitrogen and oxygen atoms in total. The van der Waals surface area contributed by atoms with E-state index in [9.17, 15) is 0 Å². The molecule has 0 aliphatic heterocycles. The highest BCUT2D eigenvalue weighted by atomic mass is 79.9. The second-order valence-corrected chi connectivity index (χ2v) is 6.16. The first kappa shape index (κ1) is 13.1. The fourth-order valence-electron chi connectivity index (χ4n) is 1.57. The van der Waals surface area contributed by atoms with E-state index in [1.807, 2.05) is 18.2 Å². The summed E-state index contributed by atoms with van der Waals surface area (Å²) in [5.41, 5.74) is 2.54. The van der Waals surface area contributed by atoms with Gasteiger partial charge in [-0.2, -0.15) is 0 Å². The molecule has 0 bridgehead atoms. The largest absolute Gasteiger partial charge is 0.308 e. The van der Waals surface area contributed by atoms with Crippen LogP contribution in [0.15, 0.2) is 34.1 Å². The fourth-order valence-corrected chi connectivity index (χ4v) is 3.03. The maximum absolute atomic E-state index is 5.97. The van der Waals surface area contributed by atoms with E-state index >= 15 is 0 Å². The van der Waals surface area contributed by atoms with Crippen molar-refractivity contribution in [2.24, 2.45) is 0 Å². The number of thiophene rings is 1. The van der Waals surface area contributed by atoms with Crippen LogP contribution in [0.2, 0.25) is 5.02 Å². The highest BCUT2D eigenvalue weighted by Gasteiger charge is 2.02. The summed E-state index contributed by atoms with van der Waals surface area (Å²) in [6.45, 7) is 3.86. The molecule has 0 radical (unpaired) electrons. The number of rotatable bonds is 4. The Hall–Kier alpha value is -0.350. The predicted octanol–water partition coefficient (Wildman–Crippen LogP) is 4.76. The lowest BCUT2D eigenvalue weighted by Gasteiger charge is -2.07. The normalized spacial score (nSPS) is 10.8. The minimum Gasteiger partial charge on any atom is -0.308 e. The molecule has 0 saturated carbocycles. The van der Waals surface area contributed by atoms with Crippen LogP contribution < -0.4 is 5.32 Å². The van der Waals surface area contributed by atoms with Crippen molar-refractivity contribution >= 4 is 38.9 Å². The minimum absolute atomic E-state index is 0.775. The number of hydrogen-bond acceptors (Lipinski definition) is 2. The predicted molar refractivity (Wildman–Crippen MR) is 78.8 cm³/mol. The summed E-state index contributed by atoms with van der Waals surface area (Å²) in [6, 6.07) is 8.01. The first-order valence-electron chi connectivity index (χ1n) is 5.34. The molecule has 0 saturated heterocycles. The summed E-state index contributed by atoms with van der Waals surface area (Å²) >= 11 is 11.3. The van der Waals surface area contributed by atoms with Crippen LogP contribution in [0, 0.1) is 6.92 Å². The lowest BCUT2D eigenvalue weighted by molar-refractivity contribution is 0.697. The van der Waals surface area contributed by atoms with Crippen LogP contribution in [-0.4, -0.2) is 0 Å². The van der Waals surface area contributed by atoms with Crippen LogP contribution in [0.5, 0.6) is 0 Å². The van der Waals surface area contributed by atoms with Gasteiger partial charge in [-0.15, -0.1) is 11.3 Å². The van der Waals surface area contributed by atoms with Gasteiger partial charge in [0.2, 0.25) is 0 Å². The average molecular weight is 331 g/mol. The maximum atomic E-state index is 5.97. The summed E-state index contributed by atoms with van der Waals surface area (Å²) in [6.07, 6.45) is 0. The Morgan fingerprint density at radius 2 is 2.12 bits per heavy atom. The Kier molecular flexibility index (Phi) is 4.62. The van der Waals surface area contributed by atoms with Crippen LogP contribution in [0.4, 0.5) is 0 Å². The molecule has 0 fully saturated rings. The Labute approximate surface area is 119 Å². The molecule has 0 aliphatic carbocycles. The summed E-state index contributed by atoms with van der Waals surface area (Å²) < 4.78 is 1.09. The first-order chi connectivity index (χ1) is 8.16. The minimum atomic E-state index is 0.775. The third-order valence-corrected chi connectivity index (χ3v) is 4.61. The topological polar surface area (TPSA) is 12.0 Å². The molecule has 1 aromatic carbocycles. The van der Waals surface area contributed by atoms with Gasteiger partial charge in [-0.05, 0) is 47.7 Å². The molecule has 17 heavy (non-hydrogen) atoms. The number of benzene rings is 1. The van der Waals surface area contributed by atoms with E-state index in [2.05, 4.69) is 39.6 Å². The second kappa shape index (κ2) is 6.01. The zero-order valence-electron chi connectivity index (χ0n) is 9.47. The van der Waals surface area contributed by atoms with Crippen LogP contribution in [0.3, 0.4) is 0 Å². The lowest BCUT2D eigenvalue weighted by Crippen LogP contribution is -2.12. The molecule has 0 aliphatic rings. The van der Waals surface area contributed by atoms with Gasteiger partial charge in [0.05, 0.1) is 0 Å². The van der Waals surface area contributed by atoms with E-state index in [0.717, 1.165) is 22.6 Å². The smallest absolute Gasteiger partial charge is 0.0410 e. The van der Waals surface area contributed by atoms with E-state index in [-0.39, 0.29) is 0 Å². The quantitative estimate of drug-likeness (QED) is 0.852. The van der Waals surface area contributed by atoms with E-state index in [4.69, 9.17) is 11.6 Å². The van der Waals surface area contributed by atoms with E-state index in [1.165, 1.54) is 16.0 Å². The highest BCUT2D eigenvalue weighted by Crippen LogP contribution is 2.21. The monoisotopic (exact) mass is 329 g/mol. The van der Waals surface area contributed by atoms with Crippen molar-refractivity contribution in [2.75, 3.05) is 0 Å². The number of nitrogens with one attached hydrogen (secondary N) is 1. The highest BCUT2D eigenvalue weighted by molar-refractivity contribution is 9.10. The number of halogens is 2. The maximum Gasteiger partial charge on any atom is 0.0410 e. The molecule has 0 spiro atoms. The second-order valence-electron chi connectivity index (χ2n) is 3.87. The molecule has 0 atom stereocenters. The summed E-state index contributed by atoms with van der Waals surface area (Å²) in [7, 11) is 0. The zero-order chi connectivity index (χ0) is 12.3. The summed E-state index contributed by atoms with van der Waals surface area (Å²) in [5, 5.41) is 6.34. The van der Waals surface area contributed by atoms with Crippen molar-refractivity contribution in [1.82, 2.24) is 5.32 Å². The van der Waals surface area contributed by atoms with Crippen LogP contribution in [-0.2, 0) is 13.1 Å². The van der Waals surface area contributed by atoms with Gasteiger partial charge in [-0.1, -0.05) is 27.5 Å². The standard InChI is InChI=1S/C13H13BrClNS/c1-9-4-5-17-13(9)8-16-7-10-6-11(15)2-3-12(10)14/h2-6,16H,7-8H2,1H3. The van der Waals surface area contributed by atoms with Gasteiger partial charge < -0.3 is 5.32 Å². The van der Waals surface area contributed by atoms with Crippen molar-refractivity contribution in [3.63, 3.8) is 0 Å². The summed E-state index contributed by atoms with van der Waals surface area (Å²) in [5.74, 6) is 0. The Bertz CT molecular complexity index is 510. The summed E-state index contributed by atoms with van der Waals surface area (Å²) in [4.78, 5) is 1.39. The lowest BCUT2D eigenvalue weighted by atomic mass is 10.2. The SMILES string of the molecule is Cc1ccsc1CNCc1cc(Cl)ccc1Br. The van der Waals surface area contributed by atoms with Crippen molar-refractivity contribution in [3.8, 4) is 0 Å². The van der Waals surface area contributed by atoms with Crippen molar-refractivity contribution in [2.45, 2.75) is 20.0 Å². The van der Waals surface area contributed by atoms with Crippen LogP contribution in [0.1, 0.15) is 16.0 Å². The molecule has 1 N–H and O–H groups in total. The van der Waals surface area contributed by atoms with E-state index in [0.29, 0.717) is 0 Å². The molecular weight excluding hydrogens is 318 g/mol. The van der Waals surface area contributed by atoms with Crippen LogP contribution in [0.25, 0.3) is 0 Å². The molecule has 90 valence electrons. The Morgan fingerprint density at radius 1 is 1.29 bits per heavy atom.